The first-order chi connectivity index (χ1) is 13.5. The maximum atomic E-state index is 12.5. The molecule has 3 aromatic carbocycles. The molecule has 0 aliphatic heterocycles. The van der Waals surface area contributed by atoms with Crippen LogP contribution in [0.1, 0.15) is 15.9 Å². The highest BCUT2D eigenvalue weighted by atomic mass is 35.5. The number of amides is 1. The molecule has 1 N–H and O–H groups in total. The number of ether oxygens (including phenoxy) is 2. The number of carbonyl (C=O) groups excluding carboxylic acids is 1. The summed E-state index contributed by atoms with van der Waals surface area (Å²) in [6, 6.07) is 17.2. The molecule has 144 valence electrons. The van der Waals surface area contributed by atoms with Crippen LogP contribution in [0.25, 0.3) is 0 Å². The van der Waals surface area contributed by atoms with Gasteiger partial charge in [-0.3, -0.25) is 4.79 Å². The summed E-state index contributed by atoms with van der Waals surface area (Å²) in [5.41, 5.74) is 1.93. The maximum Gasteiger partial charge on any atom is 0.255 e. The van der Waals surface area contributed by atoms with Crippen molar-refractivity contribution in [1.29, 1.82) is 0 Å². The number of anilines is 1. The Hall–Kier alpha value is -2.40. The lowest BCUT2D eigenvalue weighted by Crippen LogP contribution is -2.12. The Morgan fingerprint density at radius 3 is 2.32 bits per heavy atom. The average Bonchev–Trinajstić information content (AvgIpc) is 2.70. The van der Waals surface area contributed by atoms with E-state index < -0.39 is 0 Å². The number of benzene rings is 3. The van der Waals surface area contributed by atoms with E-state index in [-0.39, 0.29) is 5.91 Å². The van der Waals surface area contributed by atoms with Gasteiger partial charge in [0.1, 0.15) is 6.61 Å². The molecule has 0 unspecified atom stereocenters. The van der Waals surface area contributed by atoms with Gasteiger partial charge in [-0.1, -0.05) is 46.9 Å². The number of hydrogen-bond donors (Lipinski definition) is 1. The zero-order valence-corrected chi connectivity index (χ0v) is 17.1. The highest BCUT2D eigenvalue weighted by molar-refractivity contribution is 6.42. The topological polar surface area (TPSA) is 47.6 Å². The number of hydrogen-bond acceptors (Lipinski definition) is 3. The van der Waals surface area contributed by atoms with Crippen molar-refractivity contribution in [2.45, 2.75) is 6.61 Å². The van der Waals surface area contributed by atoms with E-state index in [0.29, 0.717) is 44.4 Å². The molecule has 0 aromatic heterocycles. The van der Waals surface area contributed by atoms with Gasteiger partial charge in [-0.25, -0.2) is 0 Å². The summed E-state index contributed by atoms with van der Waals surface area (Å²) in [5, 5.41) is 4.22. The van der Waals surface area contributed by atoms with E-state index in [1.165, 1.54) is 7.11 Å². The molecule has 0 aliphatic rings. The third-order valence-electron chi connectivity index (χ3n) is 3.91. The van der Waals surface area contributed by atoms with Crippen LogP contribution in [-0.2, 0) is 6.61 Å². The quantitative estimate of drug-likeness (QED) is 0.480. The van der Waals surface area contributed by atoms with Crippen molar-refractivity contribution in [2.24, 2.45) is 0 Å². The summed E-state index contributed by atoms with van der Waals surface area (Å²) in [6.07, 6.45) is 0. The van der Waals surface area contributed by atoms with Crippen LogP contribution in [0.2, 0.25) is 15.1 Å². The molecule has 3 aromatic rings. The molecule has 28 heavy (non-hydrogen) atoms. The second kappa shape index (κ2) is 9.20. The first-order valence-corrected chi connectivity index (χ1v) is 9.41. The molecule has 0 bridgehead atoms. The minimum Gasteiger partial charge on any atom is -0.493 e. The molecular weight excluding hydrogens is 421 g/mol. The lowest BCUT2D eigenvalue weighted by molar-refractivity contribution is 0.102. The maximum absolute atomic E-state index is 12.5. The molecule has 0 heterocycles. The number of carbonyl (C=O) groups is 1. The molecule has 0 fully saturated rings. The second-order valence-corrected chi connectivity index (χ2v) is 7.11. The van der Waals surface area contributed by atoms with E-state index in [1.54, 1.807) is 48.5 Å². The smallest absolute Gasteiger partial charge is 0.255 e. The third-order valence-corrected chi connectivity index (χ3v) is 4.90. The van der Waals surface area contributed by atoms with Gasteiger partial charge in [0.05, 0.1) is 17.2 Å². The highest BCUT2D eigenvalue weighted by Gasteiger charge is 2.12. The monoisotopic (exact) mass is 435 g/mol. The molecule has 0 spiro atoms. The zero-order chi connectivity index (χ0) is 20.1. The molecular formula is C21H16Cl3NO3. The van der Waals surface area contributed by atoms with E-state index in [0.717, 1.165) is 5.56 Å². The average molecular weight is 437 g/mol. The largest absolute Gasteiger partial charge is 0.493 e. The molecule has 7 heteroatoms. The number of methoxy groups -OCH3 is 1. The van der Waals surface area contributed by atoms with Crippen LogP contribution in [0.15, 0.2) is 60.7 Å². The normalized spacial score (nSPS) is 10.4. The molecule has 0 saturated heterocycles. The molecule has 1 amide bonds. The van der Waals surface area contributed by atoms with Gasteiger partial charge in [0.15, 0.2) is 11.5 Å². The van der Waals surface area contributed by atoms with E-state index in [2.05, 4.69) is 5.32 Å². The fourth-order valence-electron chi connectivity index (χ4n) is 2.45. The number of nitrogens with one attached hydrogen (secondary N) is 1. The van der Waals surface area contributed by atoms with Gasteiger partial charge >= 0.3 is 0 Å². The van der Waals surface area contributed by atoms with Crippen molar-refractivity contribution in [3.05, 3.63) is 86.9 Å². The van der Waals surface area contributed by atoms with E-state index in [9.17, 15) is 4.79 Å². The lowest BCUT2D eigenvalue weighted by Gasteiger charge is -2.13. The number of rotatable bonds is 6. The van der Waals surface area contributed by atoms with Gasteiger partial charge in [0, 0.05) is 16.3 Å². The first kappa shape index (κ1) is 20.3. The molecule has 0 radical (unpaired) electrons. The van der Waals surface area contributed by atoms with Gasteiger partial charge in [0.2, 0.25) is 0 Å². The van der Waals surface area contributed by atoms with Crippen molar-refractivity contribution in [3.63, 3.8) is 0 Å². The number of halogens is 3. The molecule has 0 aliphatic carbocycles. The summed E-state index contributed by atoms with van der Waals surface area (Å²) >= 11 is 17.8. The van der Waals surface area contributed by atoms with Crippen LogP contribution in [0.5, 0.6) is 11.5 Å². The molecule has 4 nitrogen and oxygen atoms in total. The van der Waals surface area contributed by atoms with Crippen LogP contribution < -0.4 is 14.8 Å². The predicted molar refractivity (Wildman–Crippen MR) is 113 cm³/mol. The molecule has 0 saturated carbocycles. The van der Waals surface area contributed by atoms with Gasteiger partial charge in [-0.2, -0.15) is 0 Å². The highest BCUT2D eigenvalue weighted by Crippen LogP contribution is 2.30. The van der Waals surface area contributed by atoms with E-state index >= 15 is 0 Å². The second-order valence-electron chi connectivity index (χ2n) is 5.86. The van der Waals surface area contributed by atoms with E-state index in [4.69, 9.17) is 44.3 Å². The Balaban J connectivity index is 1.71. The summed E-state index contributed by atoms with van der Waals surface area (Å²) in [7, 11) is 1.52. The van der Waals surface area contributed by atoms with Crippen molar-refractivity contribution in [2.75, 3.05) is 12.4 Å². The molecule has 3 rings (SSSR count). The van der Waals surface area contributed by atoms with Gasteiger partial charge in [0.25, 0.3) is 5.91 Å². The lowest BCUT2D eigenvalue weighted by atomic mass is 10.1. The Morgan fingerprint density at radius 1 is 0.893 bits per heavy atom. The minimum absolute atomic E-state index is 0.305. The standard InChI is InChI=1S/C21H16Cl3NO3/c1-27-20-10-14(21(26)25-16-7-8-17(23)18(24)11-16)4-9-19(20)28-12-13-2-5-15(22)6-3-13/h2-11H,12H2,1H3,(H,25,26). The SMILES string of the molecule is COc1cc(C(=O)Nc2ccc(Cl)c(Cl)c2)ccc1OCc1ccc(Cl)cc1. The fraction of sp³-hybridized carbons (Fsp3) is 0.0952. The predicted octanol–water partition coefficient (Wildman–Crippen LogP) is 6.49. The van der Waals surface area contributed by atoms with Crippen molar-refractivity contribution in [1.82, 2.24) is 0 Å². The van der Waals surface area contributed by atoms with Crippen LogP contribution >= 0.6 is 34.8 Å². The van der Waals surface area contributed by atoms with Crippen LogP contribution in [0.3, 0.4) is 0 Å². The van der Waals surface area contributed by atoms with Crippen molar-refractivity contribution in [3.8, 4) is 11.5 Å². The van der Waals surface area contributed by atoms with E-state index in [1.807, 2.05) is 12.1 Å². The Labute approximate surface area is 177 Å². The molecule has 0 atom stereocenters. The Kier molecular flexibility index (Phi) is 6.68. The summed E-state index contributed by atoms with van der Waals surface area (Å²) in [4.78, 5) is 12.5. The van der Waals surface area contributed by atoms with Crippen LogP contribution in [0, 0.1) is 0 Å². The van der Waals surface area contributed by atoms with Crippen LogP contribution in [0.4, 0.5) is 5.69 Å². The van der Waals surface area contributed by atoms with Crippen LogP contribution in [-0.4, -0.2) is 13.0 Å². The van der Waals surface area contributed by atoms with Gasteiger partial charge in [-0.05, 0) is 54.1 Å². The van der Waals surface area contributed by atoms with Gasteiger partial charge in [-0.15, -0.1) is 0 Å². The van der Waals surface area contributed by atoms with Gasteiger partial charge < -0.3 is 14.8 Å². The fourth-order valence-corrected chi connectivity index (χ4v) is 2.87. The third kappa shape index (κ3) is 5.10. The Morgan fingerprint density at radius 2 is 1.64 bits per heavy atom. The summed E-state index contributed by atoms with van der Waals surface area (Å²) in [5.74, 6) is 0.681. The van der Waals surface area contributed by atoms with Crippen molar-refractivity contribution < 1.29 is 14.3 Å². The summed E-state index contributed by atoms with van der Waals surface area (Å²) < 4.78 is 11.2. The van der Waals surface area contributed by atoms with Crippen molar-refractivity contribution >= 4 is 46.4 Å². The Bertz CT molecular complexity index is 991. The first-order valence-electron chi connectivity index (χ1n) is 8.28. The minimum atomic E-state index is -0.305. The zero-order valence-electron chi connectivity index (χ0n) is 14.8. The summed E-state index contributed by atoms with van der Waals surface area (Å²) in [6.45, 7) is 0.350.